The van der Waals surface area contributed by atoms with E-state index in [1.807, 2.05) is 0 Å². The molecule has 1 N–H and O–H groups in total. The molecule has 2 aromatic carbocycles. The summed E-state index contributed by atoms with van der Waals surface area (Å²) in [5.41, 5.74) is 0.0218. The van der Waals surface area contributed by atoms with E-state index in [9.17, 15) is 23.1 Å². The number of aromatic nitrogens is 2. The largest absolute Gasteiger partial charge is 0.506 e. The Morgan fingerprint density at radius 3 is 2.47 bits per heavy atom. The number of aromatic hydroxyl groups is 1. The van der Waals surface area contributed by atoms with Crippen molar-refractivity contribution in [3.05, 3.63) is 62.4 Å². The Hall–Kier alpha value is -2.40. The highest BCUT2D eigenvalue weighted by Gasteiger charge is 2.31. The van der Waals surface area contributed by atoms with Crippen molar-refractivity contribution in [3.63, 3.8) is 0 Å². The van der Waals surface area contributed by atoms with Crippen molar-refractivity contribution in [1.82, 2.24) is 15.0 Å². The van der Waals surface area contributed by atoms with Gasteiger partial charge in [0.15, 0.2) is 0 Å². The minimum Gasteiger partial charge on any atom is -0.506 e. The lowest BCUT2D eigenvalue weighted by atomic mass is 10.1. The Morgan fingerprint density at radius 1 is 1.20 bits per heavy atom. The topological polar surface area (TPSA) is 79.5 Å². The predicted molar refractivity (Wildman–Crippen MR) is 109 cm³/mol. The first kappa shape index (κ1) is 22.3. The fourth-order valence-electron chi connectivity index (χ4n) is 2.65. The average Bonchev–Trinajstić information content (AvgIpc) is 3.19. The number of halogens is 5. The lowest BCUT2D eigenvalue weighted by molar-refractivity contribution is -0.137. The summed E-state index contributed by atoms with van der Waals surface area (Å²) in [6.45, 7) is 1.87. The molecule has 30 heavy (non-hydrogen) atoms. The summed E-state index contributed by atoms with van der Waals surface area (Å²) >= 11 is 6.40. The molecule has 0 aliphatic rings. The number of phenolic OH excluding ortho intramolecular Hbond substituents is 1. The molecule has 0 radical (unpaired) electrons. The second kappa shape index (κ2) is 8.76. The molecule has 158 valence electrons. The molecular weight excluding hydrogens is 535 g/mol. The molecule has 0 aliphatic heterocycles. The van der Waals surface area contributed by atoms with Gasteiger partial charge in [-0.3, -0.25) is 4.79 Å². The van der Waals surface area contributed by atoms with E-state index in [4.69, 9.17) is 4.52 Å². The fraction of sp³-hybridized carbons (Fsp3) is 0.211. The van der Waals surface area contributed by atoms with Crippen LogP contribution in [-0.2, 0) is 12.7 Å². The predicted octanol–water partition coefficient (Wildman–Crippen LogP) is 5.65. The third-order valence-corrected chi connectivity index (χ3v) is 5.39. The van der Waals surface area contributed by atoms with Crippen molar-refractivity contribution in [2.24, 2.45) is 0 Å². The second-order valence-electron chi connectivity index (χ2n) is 6.23. The van der Waals surface area contributed by atoms with Crippen molar-refractivity contribution in [1.29, 1.82) is 0 Å². The van der Waals surface area contributed by atoms with Gasteiger partial charge < -0.3 is 14.5 Å². The van der Waals surface area contributed by atoms with Gasteiger partial charge >= 0.3 is 18.0 Å². The quantitative estimate of drug-likeness (QED) is 0.446. The van der Waals surface area contributed by atoms with Crippen molar-refractivity contribution < 1.29 is 27.6 Å². The third kappa shape index (κ3) is 4.84. The van der Waals surface area contributed by atoms with E-state index in [0.29, 0.717) is 20.1 Å². The van der Waals surface area contributed by atoms with Crippen LogP contribution in [0.15, 0.2) is 49.9 Å². The Morgan fingerprint density at radius 2 is 1.87 bits per heavy atom. The Labute approximate surface area is 186 Å². The van der Waals surface area contributed by atoms with Crippen LogP contribution in [-0.4, -0.2) is 32.6 Å². The molecule has 0 atom stereocenters. The molecule has 1 heterocycles. The van der Waals surface area contributed by atoms with Gasteiger partial charge in [-0.25, -0.2) is 0 Å². The van der Waals surface area contributed by atoms with E-state index in [-0.39, 0.29) is 30.6 Å². The van der Waals surface area contributed by atoms with Crippen LogP contribution in [0.25, 0.3) is 11.4 Å². The zero-order valence-corrected chi connectivity index (χ0v) is 18.5. The van der Waals surface area contributed by atoms with E-state index in [1.54, 1.807) is 19.1 Å². The first-order valence-electron chi connectivity index (χ1n) is 8.57. The number of hydrogen-bond acceptors (Lipinski definition) is 5. The molecule has 0 spiro atoms. The van der Waals surface area contributed by atoms with Gasteiger partial charge in [0, 0.05) is 18.7 Å². The number of carbonyl (C=O) groups is 1. The zero-order chi connectivity index (χ0) is 22.1. The standard InChI is InChI=1S/C19H14Br2F3N3O3/c1-2-27(9-10-4-3-5-12(6-10)19(22,23)24)18(29)17-25-16(26-30-17)11-7-13(20)15(28)14(21)8-11/h3-8,28H,2,9H2,1H3. The van der Waals surface area contributed by atoms with Gasteiger partial charge in [-0.15, -0.1) is 0 Å². The number of benzene rings is 2. The minimum atomic E-state index is -4.47. The Bertz CT molecular complexity index is 1060. The fourth-order valence-corrected chi connectivity index (χ4v) is 3.84. The van der Waals surface area contributed by atoms with Crippen LogP contribution in [0.5, 0.6) is 5.75 Å². The lowest BCUT2D eigenvalue weighted by Gasteiger charge is -2.19. The maximum Gasteiger partial charge on any atom is 0.416 e. The number of phenols is 1. The molecule has 0 bridgehead atoms. The molecule has 1 aromatic heterocycles. The Kier molecular flexibility index (Phi) is 6.51. The number of hydrogen-bond donors (Lipinski definition) is 1. The minimum absolute atomic E-state index is 0.00297. The summed E-state index contributed by atoms with van der Waals surface area (Å²) in [6, 6.07) is 7.89. The molecule has 0 saturated carbocycles. The van der Waals surface area contributed by atoms with Crippen LogP contribution in [0.1, 0.15) is 28.7 Å². The van der Waals surface area contributed by atoms with Gasteiger partial charge in [0.25, 0.3) is 0 Å². The van der Waals surface area contributed by atoms with Crippen molar-refractivity contribution >= 4 is 37.8 Å². The number of rotatable bonds is 5. The molecule has 11 heteroatoms. The summed E-state index contributed by atoms with van der Waals surface area (Å²) < 4.78 is 44.6. The molecule has 0 fully saturated rings. The summed E-state index contributed by atoms with van der Waals surface area (Å²) in [5, 5.41) is 13.6. The van der Waals surface area contributed by atoms with Gasteiger partial charge in [0.05, 0.1) is 14.5 Å². The van der Waals surface area contributed by atoms with Gasteiger partial charge in [-0.1, -0.05) is 17.3 Å². The number of amides is 1. The molecule has 6 nitrogen and oxygen atoms in total. The summed E-state index contributed by atoms with van der Waals surface area (Å²) in [4.78, 5) is 18.1. The monoisotopic (exact) mass is 547 g/mol. The Balaban J connectivity index is 1.82. The van der Waals surface area contributed by atoms with Crippen LogP contribution in [0.3, 0.4) is 0 Å². The average molecular weight is 549 g/mol. The van der Waals surface area contributed by atoms with E-state index in [2.05, 4.69) is 42.0 Å². The summed E-state index contributed by atoms with van der Waals surface area (Å²) in [6.07, 6.45) is -4.47. The first-order valence-corrected chi connectivity index (χ1v) is 10.2. The van der Waals surface area contributed by atoms with Gasteiger partial charge in [0.1, 0.15) is 5.75 Å². The van der Waals surface area contributed by atoms with E-state index in [1.165, 1.54) is 17.0 Å². The van der Waals surface area contributed by atoms with Gasteiger partial charge in [-0.2, -0.15) is 18.2 Å². The van der Waals surface area contributed by atoms with Crippen molar-refractivity contribution in [3.8, 4) is 17.1 Å². The molecule has 0 unspecified atom stereocenters. The van der Waals surface area contributed by atoms with Crippen molar-refractivity contribution in [2.45, 2.75) is 19.6 Å². The molecule has 1 amide bonds. The molecular formula is C19H14Br2F3N3O3. The van der Waals surface area contributed by atoms with Crippen LogP contribution < -0.4 is 0 Å². The highest BCUT2D eigenvalue weighted by atomic mass is 79.9. The lowest BCUT2D eigenvalue weighted by Crippen LogP contribution is -2.30. The van der Waals surface area contributed by atoms with E-state index >= 15 is 0 Å². The zero-order valence-electron chi connectivity index (χ0n) is 15.4. The van der Waals surface area contributed by atoms with Crippen molar-refractivity contribution in [2.75, 3.05) is 6.54 Å². The second-order valence-corrected chi connectivity index (χ2v) is 7.94. The summed E-state index contributed by atoms with van der Waals surface area (Å²) in [7, 11) is 0. The summed E-state index contributed by atoms with van der Waals surface area (Å²) in [5.74, 6) is -0.781. The maximum atomic E-state index is 12.9. The highest BCUT2D eigenvalue weighted by Crippen LogP contribution is 2.36. The third-order valence-electron chi connectivity index (χ3n) is 4.18. The van der Waals surface area contributed by atoms with E-state index < -0.39 is 17.6 Å². The van der Waals surface area contributed by atoms with E-state index in [0.717, 1.165) is 12.1 Å². The molecule has 0 aliphatic carbocycles. The number of alkyl halides is 3. The van der Waals surface area contributed by atoms with Crippen LogP contribution in [0.2, 0.25) is 0 Å². The van der Waals surface area contributed by atoms with Gasteiger partial charge in [0.2, 0.25) is 5.82 Å². The molecule has 0 saturated heterocycles. The molecule has 3 aromatic rings. The van der Waals surface area contributed by atoms with Crippen LogP contribution >= 0.6 is 31.9 Å². The number of nitrogens with zero attached hydrogens (tertiary/aromatic N) is 3. The maximum absolute atomic E-state index is 12.9. The van der Waals surface area contributed by atoms with Crippen LogP contribution in [0.4, 0.5) is 13.2 Å². The normalized spacial score (nSPS) is 11.5. The number of carbonyl (C=O) groups excluding carboxylic acids is 1. The molecule has 3 rings (SSSR count). The first-order chi connectivity index (χ1) is 14.1. The van der Waals surface area contributed by atoms with Gasteiger partial charge in [-0.05, 0) is 68.6 Å². The SMILES string of the molecule is CCN(Cc1cccc(C(F)(F)F)c1)C(=O)c1nc(-c2cc(Br)c(O)c(Br)c2)no1. The smallest absolute Gasteiger partial charge is 0.416 e. The van der Waals surface area contributed by atoms with Crippen LogP contribution in [0, 0.1) is 0 Å². The highest BCUT2D eigenvalue weighted by molar-refractivity contribution is 9.11.